The van der Waals surface area contributed by atoms with Crippen molar-refractivity contribution in [2.24, 2.45) is 0 Å². The quantitative estimate of drug-likeness (QED) is 0.418. The molecule has 2 heterocycles. The summed E-state index contributed by atoms with van der Waals surface area (Å²) in [6.45, 7) is -0.370. The third-order valence-electron chi connectivity index (χ3n) is 4.48. The molecule has 3 N–H and O–H groups in total. The van der Waals surface area contributed by atoms with E-state index in [1.54, 1.807) is 6.07 Å². The second-order valence-corrected chi connectivity index (χ2v) is 7.28. The van der Waals surface area contributed by atoms with E-state index < -0.39 is 28.7 Å². The summed E-state index contributed by atoms with van der Waals surface area (Å²) < 4.78 is 46.7. The summed E-state index contributed by atoms with van der Waals surface area (Å²) in [6, 6.07) is 6.63. The molecule has 0 atom stereocenters. The molecule has 2 aromatic heterocycles. The molecule has 0 fully saturated rings. The number of halogens is 4. The Morgan fingerprint density at radius 2 is 2.09 bits per heavy atom. The topological polar surface area (TPSA) is 150 Å². The number of hydrogen-bond donors (Lipinski definition) is 3. The van der Waals surface area contributed by atoms with Gasteiger partial charge in [-0.05, 0) is 30.3 Å². The van der Waals surface area contributed by atoms with E-state index >= 15 is 0 Å². The van der Waals surface area contributed by atoms with Gasteiger partial charge in [0.05, 0.1) is 35.8 Å². The van der Waals surface area contributed by atoms with Gasteiger partial charge >= 0.3 is 6.18 Å². The molecule has 3 aromatic rings. The van der Waals surface area contributed by atoms with E-state index in [2.05, 4.69) is 20.5 Å². The molecule has 0 saturated carbocycles. The summed E-state index contributed by atoms with van der Waals surface area (Å²) in [5.74, 6) is -1.40. The molecule has 14 heteroatoms. The highest BCUT2D eigenvalue weighted by atomic mass is 35.5. The van der Waals surface area contributed by atoms with Crippen molar-refractivity contribution in [2.75, 3.05) is 7.05 Å². The average Bonchev–Trinajstić information content (AvgIpc) is 2.80. The van der Waals surface area contributed by atoms with E-state index in [1.165, 1.54) is 25.3 Å². The van der Waals surface area contributed by atoms with Crippen LogP contribution in [0.2, 0.25) is 5.02 Å². The highest BCUT2D eigenvalue weighted by Crippen LogP contribution is 2.35. The fraction of sp³-hybridized carbons (Fsp3) is 0.143. The van der Waals surface area contributed by atoms with Gasteiger partial charge in [0.15, 0.2) is 5.69 Å². The number of nitriles is 1. The first-order valence-electron chi connectivity index (χ1n) is 9.60. The normalized spacial score (nSPS) is 11.6. The second-order valence-electron chi connectivity index (χ2n) is 6.84. The van der Waals surface area contributed by atoms with Crippen LogP contribution in [-0.4, -0.2) is 33.0 Å². The van der Waals surface area contributed by atoms with Crippen LogP contribution in [0.15, 0.2) is 46.3 Å². The fourth-order valence-electron chi connectivity index (χ4n) is 2.97. The zero-order chi connectivity index (χ0) is 25.8. The van der Waals surface area contributed by atoms with E-state index in [-0.39, 0.29) is 39.8 Å². The number of hydrogen-bond acceptors (Lipinski definition) is 8. The van der Waals surface area contributed by atoms with Crippen LogP contribution in [0.1, 0.15) is 22.5 Å². The monoisotopic (exact) mass is 505 g/mol. The molecule has 10 nitrogen and oxygen atoms in total. The molecule has 180 valence electrons. The SMILES string of the molecule is CN/C(=C\C=N)c1cc(Cn2cnc(C(F)(F)F)c(Oc3cc(Cl)cc(C#N)c3)c2=O)n[nH]c1=O. The Bertz CT molecular complexity index is 1470. The van der Waals surface area contributed by atoms with E-state index in [1.807, 2.05) is 0 Å². The van der Waals surface area contributed by atoms with Crippen molar-refractivity contribution in [1.82, 2.24) is 25.1 Å². The maximum absolute atomic E-state index is 13.6. The van der Waals surface area contributed by atoms with Crippen LogP contribution in [0, 0.1) is 16.7 Å². The summed E-state index contributed by atoms with van der Waals surface area (Å²) >= 11 is 5.88. The van der Waals surface area contributed by atoms with Gasteiger partial charge in [-0.3, -0.25) is 14.2 Å². The van der Waals surface area contributed by atoms with Gasteiger partial charge < -0.3 is 15.5 Å². The zero-order valence-electron chi connectivity index (χ0n) is 17.8. The lowest BCUT2D eigenvalue weighted by molar-refractivity contribution is -0.142. The Kier molecular flexibility index (Phi) is 7.36. The number of rotatable bonds is 7. The van der Waals surface area contributed by atoms with Crippen LogP contribution < -0.4 is 21.2 Å². The molecule has 0 bridgehead atoms. The van der Waals surface area contributed by atoms with Gasteiger partial charge in [0.25, 0.3) is 11.1 Å². The van der Waals surface area contributed by atoms with Gasteiger partial charge in [-0.25, -0.2) is 10.1 Å². The van der Waals surface area contributed by atoms with Crippen molar-refractivity contribution >= 4 is 23.5 Å². The lowest BCUT2D eigenvalue weighted by atomic mass is 10.2. The van der Waals surface area contributed by atoms with E-state index in [0.717, 1.165) is 22.9 Å². The number of benzene rings is 1. The number of alkyl halides is 3. The van der Waals surface area contributed by atoms with Gasteiger partial charge in [-0.1, -0.05) is 11.6 Å². The zero-order valence-corrected chi connectivity index (χ0v) is 18.5. The molecule has 0 aliphatic rings. The van der Waals surface area contributed by atoms with Crippen molar-refractivity contribution in [1.29, 1.82) is 10.7 Å². The van der Waals surface area contributed by atoms with E-state index in [9.17, 15) is 22.8 Å². The maximum atomic E-state index is 13.6. The molecule has 0 amide bonds. The van der Waals surface area contributed by atoms with Crippen LogP contribution in [-0.2, 0) is 12.7 Å². The van der Waals surface area contributed by atoms with Crippen LogP contribution in [0.3, 0.4) is 0 Å². The summed E-state index contributed by atoms with van der Waals surface area (Å²) in [6.07, 6.45) is -2.08. The summed E-state index contributed by atoms with van der Waals surface area (Å²) in [7, 11) is 1.52. The number of ether oxygens (including phenoxy) is 1. The van der Waals surface area contributed by atoms with Crippen molar-refractivity contribution in [3.63, 3.8) is 0 Å². The van der Waals surface area contributed by atoms with Crippen LogP contribution in [0.4, 0.5) is 13.2 Å². The summed E-state index contributed by atoms with van der Waals surface area (Å²) in [4.78, 5) is 28.5. The molecule has 3 rings (SSSR count). The molecular weight excluding hydrogens is 491 g/mol. The highest BCUT2D eigenvalue weighted by Gasteiger charge is 2.38. The Morgan fingerprint density at radius 3 is 2.71 bits per heavy atom. The number of aromatic nitrogens is 4. The molecule has 0 spiro atoms. The number of nitrogens with zero attached hydrogens (tertiary/aromatic N) is 4. The first-order valence-corrected chi connectivity index (χ1v) is 9.97. The minimum absolute atomic E-state index is 0.00793. The first-order chi connectivity index (χ1) is 16.6. The Hall–Kier alpha value is -4.44. The maximum Gasteiger partial charge on any atom is 0.437 e. The summed E-state index contributed by atoms with van der Waals surface area (Å²) in [5.41, 5.74) is -2.87. The highest BCUT2D eigenvalue weighted by molar-refractivity contribution is 6.30. The number of aromatic amines is 1. The van der Waals surface area contributed by atoms with Crippen molar-refractivity contribution in [3.8, 4) is 17.6 Å². The van der Waals surface area contributed by atoms with Gasteiger partial charge in [0.2, 0.25) is 5.75 Å². The van der Waals surface area contributed by atoms with Crippen molar-refractivity contribution in [3.05, 3.63) is 84.9 Å². The lowest BCUT2D eigenvalue weighted by Gasteiger charge is -2.15. The minimum atomic E-state index is -5.02. The van der Waals surface area contributed by atoms with Crippen LogP contribution in [0.5, 0.6) is 11.5 Å². The first kappa shape index (κ1) is 25.2. The predicted octanol–water partition coefficient (Wildman–Crippen LogP) is 2.92. The standard InChI is InChI=1S/C21H15ClF3N7O3/c1-28-16(2-3-26)15-7-13(30-31-19(15)33)9-32-10-29-18(21(23,24)25)17(20(32)34)35-14-5-11(8-27)4-12(22)6-14/h2-7,10,26,28H,9H2,1H3,(H,31,33)/b16-2-,26-3?. The third-order valence-corrected chi connectivity index (χ3v) is 4.70. The summed E-state index contributed by atoms with van der Waals surface area (Å²) in [5, 5.41) is 25.1. The van der Waals surface area contributed by atoms with Crippen molar-refractivity contribution in [2.45, 2.75) is 12.7 Å². The Balaban J connectivity index is 2.09. The van der Waals surface area contributed by atoms with Crippen LogP contribution in [0.25, 0.3) is 5.70 Å². The third kappa shape index (κ3) is 5.74. The fourth-order valence-corrected chi connectivity index (χ4v) is 3.20. The minimum Gasteiger partial charge on any atom is -0.449 e. The number of nitrogens with one attached hydrogen (secondary N) is 3. The molecule has 0 unspecified atom stereocenters. The van der Waals surface area contributed by atoms with E-state index in [0.29, 0.717) is 6.33 Å². The Labute approximate surface area is 199 Å². The molecule has 35 heavy (non-hydrogen) atoms. The molecular formula is C21H15ClF3N7O3. The van der Waals surface area contributed by atoms with Crippen molar-refractivity contribution < 1.29 is 17.9 Å². The molecule has 0 aliphatic carbocycles. The number of allylic oxidation sites excluding steroid dienone is 1. The predicted molar refractivity (Wildman–Crippen MR) is 120 cm³/mol. The van der Waals surface area contributed by atoms with Gasteiger partial charge in [0.1, 0.15) is 5.75 Å². The van der Waals surface area contributed by atoms with Gasteiger partial charge in [-0.2, -0.15) is 23.5 Å². The van der Waals surface area contributed by atoms with Gasteiger partial charge in [-0.15, -0.1) is 0 Å². The lowest BCUT2D eigenvalue weighted by Crippen LogP contribution is -2.28. The second kappa shape index (κ2) is 10.2. The van der Waals surface area contributed by atoms with Crippen LogP contribution >= 0.6 is 11.6 Å². The molecule has 0 saturated heterocycles. The van der Waals surface area contributed by atoms with E-state index in [4.69, 9.17) is 27.0 Å². The molecule has 0 radical (unpaired) electrons. The van der Waals surface area contributed by atoms with Gasteiger partial charge in [0, 0.05) is 24.0 Å². The smallest absolute Gasteiger partial charge is 0.437 e. The molecule has 1 aromatic carbocycles. The largest absolute Gasteiger partial charge is 0.449 e. The Morgan fingerprint density at radius 1 is 1.34 bits per heavy atom. The molecule has 0 aliphatic heterocycles. The number of H-pyrrole nitrogens is 1. The average molecular weight is 506 g/mol.